The Morgan fingerprint density at radius 2 is 1.96 bits per heavy atom. The summed E-state index contributed by atoms with van der Waals surface area (Å²) in [7, 11) is 0. The molecule has 0 unspecified atom stereocenters. The maximum Gasteiger partial charge on any atom is 0.418 e. The van der Waals surface area contributed by atoms with E-state index in [1.54, 1.807) is 6.07 Å². The molecule has 0 bridgehead atoms. The molecule has 1 amide bonds. The largest absolute Gasteiger partial charge is 0.418 e. The van der Waals surface area contributed by atoms with Gasteiger partial charge in [-0.1, -0.05) is 17.7 Å². The Morgan fingerprint density at radius 1 is 1.24 bits per heavy atom. The average Bonchev–Trinajstić information content (AvgIpc) is 2.52. The fourth-order valence-corrected chi connectivity index (χ4v) is 2.84. The van der Waals surface area contributed by atoms with Crippen molar-refractivity contribution < 1.29 is 22.9 Å². The van der Waals surface area contributed by atoms with Gasteiger partial charge in [0.25, 0.3) is 5.69 Å². The van der Waals surface area contributed by atoms with Gasteiger partial charge in [-0.15, -0.1) is 11.8 Å². The number of amides is 1. The Labute approximate surface area is 145 Å². The van der Waals surface area contributed by atoms with Crippen LogP contribution in [0, 0.1) is 17.0 Å². The van der Waals surface area contributed by atoms with Gasteiger partial charge in [0.05, 0.1) is 21.9 Å². The summed E-state index contributed by atoms with van der Waals surface area (Å²) in [4.78, 5) is 22.5. The van der Waals surface area contributed by atoms with Gasteiger partial charge in [-0.05, 0) is 25.1 Å². The highest BCUT2D eigenvalue weighted by molar-refractivity contribution is 8.00. The highest BCUT2D eigenvalue weighted by Crippen LogP contribution is 2.37. The number of alkyl halides is 3. The van der Waals surface area contributed by atoms with Crippen LogP contribution in [0.3, 0.4) is 0 Å². The molecule has 5 nitrogen and oxygen atoms in total. The Morgan fingerprint density at radius 3 is 2.56 bits per heavy atom. The van der Waals surface area contributed by atoms with E-state index in [4.69, 9.17) is 0 Å². The van der Waals surface area contributed by atoms with Crippen LogP contribution in [-0.4, -0.2) is 16.6 Å². The summed E-state index contributed by atoms with van der Waals surface area (Å²) >= 11 is 1.18. The van der Waals surface area contributed by atoms with Gasteiger partial charge in [-0.3, -0.25) is 14.9 Å². The Kier molecular flexibility index (Phi) is 5.68. The molecule has 2 aromatic rings. The lowest BCUT2D eigenvalue weighted by Crippen LogP contribution is -2.18. The Hall–Kier alpha value is -2.55. The van der Waals surface area contributed by atoms with Crippen LogP contribution in [0.1, 0.15) is 11.1 Å². The zero-order valence-corrected chi connectivity index (χ0v) is 13.8. The van der Waals surface area contributed by atoms with Gasteiger partial charge in [0.15, 0.2) is 0 Å². The number of benzene rings is 2. The molecule has 2 aromatic carbocycles. The van der Waals surface area contributed by atoms with Gasteiger partial charge < -0.3 is 5.32 Å². The summed E-state index contributed by atoms with van der Waals surface area (Å²) in [6.45, 7) is 1.89. The van der Waals surface area contributed by atoms with E-state index in [1.807, 2.05) is 25.1 Å². The second-order valence-electron chi connectivity index (χ2n) is 5.14. The minimum atomic E-state index is -4.82. The van der Waals surface area contributed by atoms with E-state index in [9.17, 15) is 28.1 Å². The monoisotopic (exact) mass is 370 g/mol. The Balaban J connectivity index is 2.13. The maximum atomic E-state index is 13.1. The van der Waals surface area contributed by atoms with Crippen LogP contribution < -0.4 is 5.32 Å². The van der Waals surface area contributed by atoms with Crippen molar-refractivity contribution in [1.29, 1.82) is 0 Å². The minimum Gasteiger partial charge on any atom is -0.325 e. The minimum absolute atomic E-state index is 0.0856. The average molecular weight is 370 g/mol. The van der Waals surface area contributed by atoms with Crippen LogP contribution in [0.15, 0.2) is 47.4 Å². The number of hydrogen-bond acceptors (Lipinski definition) is 4. The first-order valence-corrected chi connectivity index (χ1v) is 8.00. The fraction of sp³-hybridized carbons (Fsp3) is 0.188. The third-order valence-electron chi connectivity index (χ3n) is 3.15. The molecule has 0 saturated heterocycles. The highest BCUT2D eigenvalue weighted by Gasteiger charge is 2.35. The summed E-state index contributed by atoms with van der Waals surface area (Å²) in [6.07, 6.45) is -4.82. The predicted octanol–water partition coefficient (Wildman–Crippen LogP) is 4.65. The van der Waals surface area contributed by atoms with Crippen molar-refractivity contribution in [2.24, 2.45) is 0 Å². The first-order valence-electron chi connectivity index (χ1n) is 7.02. The standard InChI is InChI=1S/C16H13F3N2O3S/c1-10-3-2-4-12(7-10)25-9-15(22)20-14-6-5-11(21(23)24)8-13(14)16(17,18)19/h2-8H,9H2,1H3,(H,20,22). The number of nitrogens with one attached hydrogen (secondary N) is 1. The lowest BCUT2D eigenvalue weighted by Gasteiger charge is -2.13. The molecule has 0 aliphatic heterocycles. The van der Waals surface area contributed by atoms with E-state index >= 15 is 0 Å². The van der Waals surface area contributed by atoms with Crippen LogP contribution in [0.4, 0.5) is 24.5 Å². The molecule has 0 spiro atoms. The van der Waals surface area contributed by atoms with E-state index < -0.39 is 33.9 Å². The highest BCUT2D eigenvalue weighted by atomic mass is 32.2. The number of hydrogen-bond donors (Lipinski definition) is 1. The molecule has 132 valence electrons. The van der Waals surface area contributed by atoms with Crippen molar-refractivity contribution in [2.75, 3.05) is 11.1 Å². The summed E-state index contributed by atoms with van der Waals surface area (Å²) in [6, 6.07) is 9.55. The summed E-state index contributed by atoms with van der Waals surface area (Å²) in [5.74, 6) is -0.719. The molecule has 2 rings (SSSR count). The van der Waals surface area contributed by atoms with Gasteiger partial charge in [-0.25, -0.2) is 0 Å². The molecular weight excluding hydrogens is 357 g/mol. The van der Waals surface area contributed by atoms with Crippen molar-refractivity contribution in [3.8, 4) is 0 Å². The number of thioether (sulfide) groups is 1. The number of nitrogens with zero attached hydrogens (tertiary/aromatic N) is 1. The van der Waals surface area contributed by atoms with Crippen molar-refractivity contribution in [3.05, 3.63) is 63.7 Å². The second kappa shape index (κ2) is 7.56. The summed E-state index contributed by atoms with van der Waals surface area (Å²) < 4.78 is 39.2. The summed E-state index contributed by atoms with van der Waals surface area (Å²) in [5.41, 5.74) is -1.46. The summed E-state index contributed by atoms with van der Waals surface area (Å²) in [5, 5.41) is 12.8. The molecule has 0 aliphatic rings. The zero-order valence-electron chi connectivity index (χ0n) is 13.0. The number of rotatable bonds is 5. The smallest absolute Gasteiger partial charge is 0.325 e. The third kappa shape index (κ3) is 5.21. The van der Waals surface area contributed by atoms with E-state index in [0.717, 1.165) is 22.6 Å². The zero-order chi connectivity index (χ0) is 18.6. The molecule has 0 aliphatic carbocycles. The third-order valence-corrected chi connectivity index (χ3v) is 4.15. The molecule has 0 heterocycles. The van der Waals surface area contributed by atoms with Crippen molar-refractivity contribution >= 4 is 29.0 Å². The molecule has 1 N–H and O–H groups in total. The number of nitro groups is 1. The molecule has 0 atom stereocenters. The Bertz CT molecular complexity index is 809. The van der Waals surface area contributed by atoms with Crippen LogP contribution in [0.25, 0.3) is 0 Å². The van der Waals surface area contributed by atoms with Gasteiger partial charge in [0, 0.05) is 17.0 Å². The van der Waals surface area contributed by atoms with Gasteiger partial charge >= 0.3 is 6.18 Å². The predicted molar refractivity (Wildman–Crippen MR) is 88.6 cm³/mol. The van der Waals surface area contributed by atoms with Crippen molar-refractivity contribution in [3.63, 3.8) is 0 Å². The first kappa shape index (κ1) is 18.8. The topological polar surface area (TPSA) is 72.2 Å². The van der Waals surface area contributed by atoms with Gasteiger partial charge in [-0.2, -0.15) is 13.2 Å². The number of non-ortho nitro benzene ring substituents is 1. The molecule has 9 heteroatoms. The van der Waals surface area contributed by atoms with Gasteiger partial charge in [0.1, 0.15) is 0 Å². The SMILES string of the molecule is Cc1cccc(SCC(=O)Nc2ccc([N+](=O)[O-])cc2C(F)(F)F)c1. The van der Waals surface area contributed by atoms with E-state index in [0.29, 0.717) is 6.07 Å². The molecule has 0 radical (unpaired) electrons. The number of nitro benzene ring substituents is 1. The van der Waals surface area contributed by atoms with E-state index in [2.05, 4.69) is 5.32 Å². The van der Waals surface area contributed by atoms with Gasteiger partial charge in [0.2, 0.25) is 5.91 Å². The first-order chi connectivity index (χ1) is 11.7. The van der Waals surface area contributed by atoms with E-state index in [-0.39, 0.29) is 5.75 Å². The number of halogens is 3. The molecule has 0 fully saturated rings. The molecule has 25 heavy (non-hydrogen) atoms. The van der Waals surface area contributed by atoms with Crippen LogP contribution in [0.2, 0.25) is 0 Å². The lowest BCUT2D eigenvalue weighted by molar-refractivity contribution is -0.385. The maximum absolute atomic E-state index is 13.1. The number of carbonyl (C=O) groups excluding carboxylic acids is 1. The molecule has 0 aromatic heterocycles. The van der Waals surface area contributed by atoms with Crippen molar-refractivity contribution in [1.82, 2.24) is 0 Å². The van der Waals surface area contributed by atoms with E-state index in [1.165, 1.54) is 11.8 Å². The number of anilines is 1. The van der Waals surface area contributed by atoms with Crippen LogP contribution in [0.5, 0.6) is 0 Å². The van der Waals surface area contributed by atoms with Crippen LogP contribution in [-0.2, 0) is 11.0 Å². The quantitative estimate of drug-likeness (QED) is 0.472. The number of aryl methyl sites for hydroxylation is 1. The second-order valence-corrected chi connectivity index (χ2v) is 6.19. The van der Waals surface area contributed by atoms with Crippen LogP contribution >= 0.6 is 11.8 Å². The normalized spacial score (nSPS) is 11.2. The lowest BCUT2D eigenvalue weighted by atomic mass is 10.1. The van der Waals surface area contributed by atoms with Crippen molar-refractivity contribution in [2.45, 2.75) is 18.0 Å². The molecular formula is C16H13F3N2O3S. The number of carbonyl (C=O) groups is 1. The molecule has 0 saturated carbocycles. The fourth-order valence-electron chi connectivity index (χ4n) is 2.03.